The van der Waals surface area contributed by atoms with Crippen molar-refractivity contribution in [1.82, 2.24) is 19.8 Å². The Morgan fingerprint density at radius 3 is 2.71 bits per heavy atom. The van der Waals surface area contributed by atoms with Crippen molar-refractivity contribution < 1.29 is 14.4 Å². The Hall–Kier alpha value is -2.94. The molecule has 1 unspecified atom stereocenters. The van der Waals surface area contributed by atoms with Crippen LogP contribution in [0.5, 0.6) is 0 Å². The van der Waals surface area contributed by atoms with Crippen molar-refractivity contribution in [3.05, 3.63) is 30.7 Å². The molecule has 3 amide bonds. The summed E-state index contributed by atoms with van der Waals surface area (Å²) in [4.78, 5) is 41.3. The number of nitrogens with one attached hydrogen (secondary N) is 1. The van der Waals surface area contributed by atoms with Crippen LogP contribution in [0.2, 0.25) is 0 Å². The molecule has 0 aliphatic carbocycles. The molecule has 0 saturated carbocycles. The van der Waals surface area contributed by atoms with Gasteiger partial charge in [0.05, 0.1) is 24.2 Å². The van der Waals surface area contributed by atoms with Gasteiger partial charge in [-0.1, -0.05) is 0 Å². The number of aryl methyl sites for hydroxylation is 1. The van der Waals surface area contributed by atoms with Crippen LogP contribution in [0.3, 0.4) is 0 Å². The Morgan fingerprint density at radius 1 is 1.25 bits per heavy atom. The number of likely N-dealkylation sites (tertiary alicyclic amines) is 1. The van der Waals surface area contributed by atoms with Gasteiger partial charge in [-0.25, -0.2) is 0 Å². The normalized spacial score (nSPS) is 16.1. The Morgan fingerprint density at radius 2 is 2.00 bits per heavy atom. The molecule has 0 bridgehead atoms. The highest BCUT2D eigenvalue weighted by Crippen LogP contribution is 2.16. The second-order valence-electron chi connectivity index (χ2n) is 7.13. The summed E-state index contributed by atoms with van der Waals surface area (Å²) in [5.74, 6) is -0.882. The van der Waals surface area contributed by atoms with Crippen LogP contribution < -0.4 is 16.8 Å². The van der Waals surface area contributed by atoms with Gasteiger partial charge in [0.1, 0.15) is 0 Å². The van der Waals surface area contributed by atoms with Crippen molar-refractivity contribution in [2.24, 2.45) is 11.5 Å². The van der Waals surface area contributed by atoms with Gasteiger partial charge >= 0.3 is 0 Å². The quantitative estimate of drug-likeness (QED) is 0.602. The van der Waals surface area contributed by atoms with Crippen LogP contribution in [0.25, 0.3) is 10.9 Å². The molecule has 0 aromatic carbocycles. The van der Waals surface area contributed by atoms with E-state index in [1.807, 2.05) is 27.8 Å². The van der Waals surface area contributed by atoms with Gasteiger partial charge < -0.3 is 26.3 Å². The van der Waals surface area contributed by atoms with E-state index in [0.29, 0.717) is 38.9 Å². The molecule has 2 aromatic heterocycles. The van der Waals surface area contributed by atoms with Gasteiger partial charge in [-0.3, -0.25) is 19.4 Å². The van der Waals surface area contributed by atoms with E-state index >= 15 is 0 Å². The van der Waals surface area contributed by atoms with E-state index in [9.17, 15) is 14.4 Å². The molecule has 0 radical (unpaired) electrons. The van der Waals surface area contributed by atoms with Crippen molar-refractivity contribution in [2.45, 2.75) is 44.3 Å². The Kier molecular flexibility index (Phi) is 6.25. The van der Waals surface area contributed by atoms with Crippen LogP contribution in [-0.4, -0.2) is 57.3 Å². The van der Waals surface area contributed by atoms with Crippen molar-refractivity contribution in [3.8, 4) is 0 Å². The fourth-order valence-electron chi connectivity index (χ4n) is 3.49. The van der Waals surface area contributed by atoms with Crippen LogP contribution in [0.15, 0.2) is 30.7 Å². The second-order valence-corrected chi connectivity index (χ2v) is 7.13. The van der Waals surface area contributed by atoms with E-state index in [0.717, 1.165) is 10.9 Å². The number of primary amides is 1. The number of fused-ring (bicyclic) bond motifs is 1. The zero-order chi connectivity index (χ0) is 20.1. The monoisotopic (exact) mass is 386 g/mol. The lowest BCUT2D eigenvalue weighted by Gasteiger charge is -2.33. The summed E-state index contributed by atoms with van der Waals surface area (Å²) in [6.07, 6.45) is 7.09. The average molecular weight is 386 g/mol. The molecule has 9 heteroatoms. The lowest BCUT2D eigenvalue weighted by atomic mass is 10.0. The molecule has 2 aromatic rings. The van der Waals surface area contributed by atoms with E-state index in [1.165, 1.54) is 0 Å². The molecule has 28 heavy (non-hydrogen) atoms. The minimum absolute atomic E-state index is 0.0463. The molecule has 1 aliphatic heterocycles. The standard InChI is InChI=1S/C19H26N6O3/c20-15(11-17(21)26)19(28)23-14-3-8-25(9-4-14)18(27)5-10-24-7-2-13-1-6-22-12-16(13)24/h1-2,6-7,12,14-15H,3-5,8-11,20H2,(H2,21,26)(H,23,28). The molecule has 9 nitrogen and oxygen atoms in total. The minimum atomic E-state index is -0.928. The number of piperidine rings is 1. The highest BCUT2D eigenvalue weighted by Gasteiger charge is 2.25. The molecule has 5 N–H and O–H groups in total. The number of carbonyl (C=O) groups excluding carboxylic acids is 3. The molecule has 3 heterocycles. The Balaban J connectivity index is 1.43. The highest BCUT2D eigenvalue weighted by atomic mass is 16.2. The molecular formula is C19H26N6O3. The Bertz CT molecular complexity index is 856. The Labute approximate surface area is 163 Å². The summed E-state index contributed by atoms with van der Waals surface area (Å²) < 4.78 is 2.04. The van der Waals surface area contributed by atoms with Gasteiger partial charge in [-0.15, -0.1) is 0 Å². The number of rotatable bonds is 7. The number of pyridine rings is 1. The summed E-state index contributed by atoms with van der Waals surface area (Å²) in [6, 6.07) is 2.98. The first-order chi connectivity index (χ1) is 13.4. The predicted molar refractivity (Wildman–Crippen MR) is 104 cm³/mol. The summed E-state index contributed by atoms with van der Waals surface area (Å²) in [5, 5.41) is 3.94. The summed E-state index contributed by atoms with van der Waals surface area (Å²) in [6.45, 7) is 1.78. The molecule has 1 saturated heterocycles. The smallest absolute Gasteiger partial charge is 0.237 e. The fourth-order valence-corrected chi connectivity index (χ4v) is 3.49. The maximum Gasteiger partial charge on any atom is 0.237 e. The second kappa shape index (κ2) is 8.83. The van der Waals surface area contributed by atoms with Crippen LogP contribution in [0.1, 0.15) is 25.7 Å². The number of nitrogens with zero attached hydrogens (tertiary/aromatic N) is 3. The third-order valence-electron chi connectivity index (χ3n) is 5.09. The average Bonchev–Trinajstić information content (AvgIpc) is 3.09. The molecular weight excluding hydrogens is 360 g/mol. The van der Waals surface area contributed by atoms with Gasteiger partial charge in [-0.05, 0) is 25.0 Å². The first-order valence-electron chi connectivity index (χ1n) is 9.45. The maximum atomic E-state index is 12.5. The minimum Gasteiger partial charge on any atom is -0.370 e. The zero-order valence-corrected chi connectivity index (χ0v) is 15.7. The van der Waals surface area contributed by atoms with E-state index < -0.39 is 11.9 Å². The van der Waals surface area contributed by atoms with Crippen LogP contribution in [0, 0.1) is 0 Å². The van der Waals surface area contributed by atoms with E-state index in [1.54, 1.807) is 12.4 Å². The fraction of sp³-hybridized carbons (Fsp3) is 0.474. The number of amides is 3. The number of hydrogen-bond acceptors (Lipinski definition) is 5. The van der Waals surface area contributed by atoms with Gasteiger partial charge in [0.15, 0.2) is 0 Å². The molecule has 3 rings (SSSR count). The van der Waals surface area contributed by atoms with Gasteiger partial charge in [-0.2, -0.15) is 0 Å². The first-order valence-corrected chi connectivity index (χ1v) is 9.45. The zero-order valence-electron chi connectivity index (χ0n) is 15.7. The third kappa shape index (κ3) is 4.86. The lowest BCUT2D eigenvalue weighted by molar-refractivity contribution is -0.133. The van der Waals surface area contributed by atoms with Crippen molar-refractivity contribution >= 4 is 28.6 Å². The molecule has 1 aliphatic rings. The summed E-state index contributed by atoms with van der Waals surface area (Å²) >= 11 is 0. The number of aromatic nitrogens is 2. The predicted octanol–water partition coefficient (Wildman–Crippen LogP) is -0.264. The largest absolute Gasteiger partial charge is 0.370 e. The first kappa shape index (κ1) is 19.8. The van der Waals surface area contributed by atoms with E-state index in [-0.39, 0.29) is 24.3 Å². The van der Waals surface area contributed by atoms with E-state index in [4.69, 9.17) is 11.5 Å². The van der Waals surface area contributed by atoms with Gasteiger partial charge in [0, 0.05) is 49.9 Å². The van der Waals surface area contributed by atoms with Crippen LogP contribution >= 0.6 is 0 Å². The third-order valence-corrected chi connectivity index (χ3v) is 5.09. The van der Waals surface area contributed by atoms with Crippen LogP contribution in [-0.2, 0) is 20.9 Å². The molecule has 0 spiro atoms. The highest BCUT2D eigenvalue weighted by molar-refractivity contribution is 5.87. The maximum absolute atomic E-state index is 12.5. The van der Waals surface area contributed by atoms with Crippen LogP contribution in [0.4, 0.5) is 0 Å². The number of nitrogens with two attached hydrogens (primary N) is 2. The number of carbonyl (C=O) groups is 3. The topological polar surface area (TPSA) is 136 Å². The van der Waals surface area contributed by atoms with Crippen molar-refractivity contribution in [2.75, 3.05) is 13.1 Å². The summed E-state index contributed by atoms with van der Waals surface area (Å²) in [7, 11) is 0. The van der Waals surface area contributed by atoms with Gasteiger partial charge in [0.2, 0.25) is 17.7 Å². The van der Waals surface area contributed by atoms with Gasteiger partial charge in [0.25, 0.3) is 0 Å². The lowest BCUT2D eigenvalue weighted by Crippen LogP contribution is -2.51. The SMILES string of the molecule is NC(=O)CC(N)C(=O)NC1CCN(C(=O)CCn2ccc3ccncc32)CC1. The molecule has 150 valence electrons. The summed E-state index contributed by atoms with van der Waals surface area (Å²) in [5.41, 5.74) is 11.7. The number of hydrogen-bond donors (Lipinski definition) is 3. The molecule has 1 fully saturated rings. The van der Waals surface area contributed by atoms with E-state index in [2.05, 4.69) is 10.3 Å². The van der Waals surface area contributed by atoms with Crippen molar-refractivity contribution in [3.63, 3.8) is 0 Å². The molecule has 1 atom stereocenters. The van der Waals surface area contributed by atoms with Crippen molar-refractivity contribution in [1.29, 1.82) is 0 Å².